The quantitative estimate of drug-likeness (QED) is 0.816. The maximum Gasteiger partial charge on any atom is 0.313 e. The molecule has 2 aliphatic heterocycles. The molecule has 2 unspecified atom stereocenters. The average molecular weight is 374 g/mol. The summed E-state index contributed by atoms with van der Waals surface area (Å²) in [4.78, 5) is 40.5. The van der Waals surface area contributed by atoms with Gasteiger partial charge in [0.2, 0.25) is 11.8 Å². The second-order valence-corrected chi connectivity index (χ2v) is 7.42. The van der Waals surface area contributed by atoms with Crippen molar-refractivity contribution in [1.29, 1.82) is 0 Å². The first-order valence-corrected chi connectivity index (χ1v) is 9.31. The Balaban J connectivity index is 1.72. The largest absolute Gasteiger partial charge is 0.481 e. The Kier molecular flexibility index (Phi) is 5.51. The SMILES string of the molecule is CCc1ccccc1N1CC(C(=O)N2CCC(COC)(C(=O)O)C2)CC1=O. The molecule has 2 fully saturated rings. The first-order chi connectivity index (χ1) is 12.9. The van der Waals surface area contributed by atoms with Crippen LogP contribution in [0.15, 0.2) is 24.3 Å². The van der Waals surface area contributed by atoms with Crippen LogP contribution in [0.3, 0.4) is 0 Å². The molecule has 0 radical (unpaired) electrons. The molecule has 0 spiro atoms. The maximum absolute atomic E-state index is 13.0. The topological polar surface area (TPSA) is 87.2 Å². The van der Waals surface area contributed by atoms with Crippen molar-refractivity contribution in [3.05, 3.63) is 29.8 Å². The fraction of sp³-hybridized carbons (Fsp3) is 0.550. The van der Waals surface area contributed by atoms with Crippen LogP contribution in [0.5, 0.6) is 0 Å². The van der Waals surface area contributed by atoms with E-state index < -0.39 is 17.3 Å². The van der Waals surface area contributed by atoms with Crippen molar-refractivity contribution in [2.24, 2.45) is 11.3 Å². The molecule has 1 N–H and O–H groups in total. The first kappa shape index (κ1) is 19.4. The Bertz CT molecular complexity index is 750. The predicted molar refractivity (Wildman–Crippen MR) is 99.4 cm³/mol. The number of hydrogen-bond donors (Lipinski definition) is 1. The van der Waals surface area contributed by atoms with Gasteiger partial charge < -0.3 is 19.6 Å². The number of carbonyl (C=O) groups excluding carboxylic acids is 2. The maximum atomic E-state index is 13.0. The first-order valence-electron chi connectivity index (χ1n) is 9.31. The highest BCUT2D eigenvalue weighted by Gasteiger charge is 2.48. The number of methoxy groups -OCH3 is 1. The molecule has 2 saturated heterocycles. The Hall–Kier alpha value is -2.41. The third kappa shape index (κ3) is 3.56. The number of carbonyl (C=O) groups is 3. The Morgan fingerprint density at radius 2 is 2.07 bits per heavy atom. The van der Waals surface area contributed by atoms with E-state index in [9.17, 15) is 19.5 Å². The molecule has 0 saturated carbocycles. The summed E-state index contributed by atoms with van der Waals surface area (Å²) in [7, 11) is 1.47. The van der Waals surface area contributed by atoms with Crippen LogP contribution in [0.2, 0.25) is 0 Å². The van der Waals surface area contributed by atoms with E-state index in [1.54, 1.807) is 9.80 Å². The van der Waals surface area contributed by atoms with E-state index in [0.717, 1.165) is 17.7 Å². The third-order valence-corrected chi connectivity index (χ3v) is 5.68. The number of carboxylic acid groups (broad SMARTS) is 1. The minimum atomic E-state index is -1.05. The second-order valence-electron chi connectivity index (χ2n) is 7.42. The number of anilines is 1. The molecular weight excluding hydrogens is 348 g/mol. The molecule has 0 aromatic heterocycles. The molecule has 2 atom stereocenters. The van der Waals surface area contributed by atoms with Gasteiger partial charge in [-0.15, -0.1) is 0 Å². The number of likely N-dealkylation sites (tertiary alicyclic amines) is 1. The summed E-state index contributed by atoms with van der Waals surface area (Å²) >= 11 is 0. The van der Waals surface area contributed by atoms with Gasteiger partial charge in [0.15, 0.2) is 0 Å². The molecule has 0 bridgehead atoms. The minimum absolute atomic E-state index is 0.0603. The van der Waals surface area contributed by atoms with E-state index in [1.165, 1.54) is 7.11 Å². The van der Waals surface area contributed by atoms with Gasteiger partial charge in [0, 0.05) is 38.9 Å². The molecule has 2 aliphatic rings. The van der Waals surface area contributed by atoms with Crippen LogP contribution >= 0.6 is 0 Å². The number of nitrogens with zero attached hydrogens (tertiary/aromatic N) is 2. The standard InChI is InChI=1S/C20H26N2O5/c1-3-14-6-4-5-7-16(14)22-11-15(10-17(22)23)18(24)21-9-8-20(12-21,13-27-2)19(25)26/h4-7,15H,3,8-13H2,1-2H3,(H,25,26). The second kappa shape index (κ2) is 7.68. The molecule has 7 heteroatoms. The van der Waals surface area contributed by atoms with Gasteiger partial charge >= 0.3 is 5.97 Å². The molecule has 1 aromatic carbocycles. The zero-order valence-electron chi connectivity index (χ0n) is 15.8. The summed E-state index contributed by atoms with van der Waals surface area (Å²) in [5, 5.41) is 9.57. The van der Waals surface area contributed by atoms with Crippen molar-refractivity contribution < 1.29 is 24.2 Å². The number of amides is 2. The number of aliphatic carboxylic acids is 1. The summed E-state index contributed by atoms with van der Waals surface area (Å²) < 4.78 is 5.08. The van der Waals surface area contributed by atoms with Gasteiger partial charge in [0.25, 0.3) is 0 Å². The lowest BCUT2D eigenvalue weighted by molar-refractivity contribution is -0.152. The highest BCUT2D eigenvalue weighted by molar-refractivity contribution is 6.01. The van der Waals surface area contributed by atoms with Gasteiger partial charge in [-0.25, -0.2) is 0 Å². The van der Waals surface area contributed by atoms with Gasteiger partial charge in [-0.3, -0.25) is 14.4 Å². The fourth-order valence-corrected chi connectivity index (χ4v) is 4.13. The molecule has 2 heterocycles. The highest BCUT2D eigenvalue weighted by atomic mass is 16.5. The average Bonchev–Trinajstić information content (AvgIpc) is 3.26. The van der Waals surface area contributed by atoms with Crippen LogP contribution < -0.4 is 4.90 Å². The van der Waals surface area contributed by atoms with Crippen LogP contribution in [0.1, 0.15) is 25.3 Å². The summed E-state index contributed by atoms with van der Waals surface area (Å²) in [5.41, 5.74) is 0.882. The lowest BCUT2D eigenvalue weighted by Crippen LogP contribution is -2.42. The Morgan fingerprint density at radius 3 is 2.74 bits per heavy atom. The number of aryl methyl sites for hydroxylation is 1. The lowest BCUT2D eigenvalue weighted by Gasteiger charge is -2.25. The normalized spacial score (nSPS) is 25.3. The van der Waals surface area contributed by atoms with Crippen molar-refractivity contribution in [2.75, 3.05) is 38.3 Å². The lowest BCUT2D eigenvalue weighted by atomic mass is 9.88. The Morgan fingerprint density at radius 1 is 1.33 bits per heavy atom. The van der Waals surface area contributed by atoms with Crippen molar-refractivity contribution in [1.82, 2.24) is 4.90 Å². The van der Waals surface area contributed by atoms with E-state index in [4.69, 9.17) is 4.74 Å². The molecule has 146 valence electrons. The van der Waals surface area contributed by atoms with E-state index in [2.05, 4.69) is 0 Å². The number of ether oxygens (including phenoxy) is 1. The molecule has 0 aliphatic carbocycles. The minimum Gasteiger partial charge on any atom is -0.481 e. The van der Waals surface area contributed by atoms with Crippen molar-refractivity contribution >= 4 is 23.5 Å². The molecular formula is C20H26N2O5. The van der Waals surface area contributed by atoms with Crippen LogP contribution in [0.25, 0.3) is 0 Å². The van der Waals surface area contributed by atoms with Crippen LogP contribution in [0.4, 0.5) is 5.69 Å². The van der Waals surface area contributed by atoms with Crippen molar-refractivity contribution in [3.63, 3.8) is 0 Å². The smallest absolute Gasteiger partial charge is 0.313 e. The molecule has 7 nitrogen and oxygen atoms in total. The van der Waals surface area contributed by atoms with Gasteiger partial charge in [-0.1, -0.05) is 25.1 Å². The van der Waals surface area contributed by atoms with E-state index in [0.29, 0.717) is 19.5 Å². The van der Waals surface area contributed by atoms with Gasteiger partial charge in [-0.05, 0) is 24.5 Å². The highest BCUT2D eigenvalue weighted by Crippen LogP contribution is 2.34. The zero-order chi connectivity index (χ0) is 19.6. The van der Waals surface area contributed by atoms with E-state index in [1.807, 2.05) is 31.2 Å². The van der Waals surface area contributed by atoms with Gasteiger partial charge in [0.05, 0.1) is 12.5 Å². The summed E-state index contributed by atoms with van der Waals surface area (Å²) in [5.74, 6) is -1.58. The number of carboxylic acids is 1. The Labute approximate surface area is 158 Å². The third-order valence-electron chi connectivity index (χ3n) is 5.68. The number of hydrogen-bond acceptors (Lipinski definition) is 4. The monoisotopic (exact) mass is 374 g/mol. The summed E-state index contributed by atoms with van der Waals surface area (Å²) in [6.07, 6.45) is 1.34. The van der Waals surface area contributed by atoms with E-state index in [-0.39, 0.29) is 31.4 Å². The molecule has 2 amide bonds. The van der Waals surface area contributed by atoms with Crippen LogP contribution in [-0.2, 0) is 25.5 Å². The van der Waals surface area contributed by atoms with Gasteiger partial charge in [-0.2, -0.15) is 0 Å². The number of rotatable bonds is 6. The molecule has 3 rings (SSSR count). The van der Waals surface area contributed by atoms with Gasteiger partial charge in [0.1, 0.15) is 5.41 Å². The summed E-state index contributed by atoms with van der Waals surface area (Å²) in [6.45, 7) is 2.96. The van der Waals surface area contributed by atoms with Crippen molar-refractivity contribution in [2.45, 2.75) is 26.2 Å². The molecule has 27 heavy (non-hydrogen) atoms. The van der Waals surface area contributed by atoms with Crippen molar-refractivity contribution in [3.8, 4) is 0 Å². The molecule has 1 aromatic rings. The number of para-hydroxylation sites is 1. The van der Waals surface area contributed by atoms with Crippen LogP contribution in [-0.4, -0.2) is 61.1 Å². The fourth-order valence-electron chi connectivity index (χ4n) is 4.13. The van der Waals surface area contributed by atoms with E-state index >= 15 is 0 Å². The summed E-state index contributed by atoms with van der Waals surface area (Å²) in [6, 6.07) is 7.73. The number of benzene rings is 1. The zero-order valence-corrected chi connectivity index (χ0v) is 15.8. The predicted octanol–water partition coefficient (Wildman–Crippen LogP) is 1.55. The van der Waals surface area contributed by atoms with Crippen LogP contribution in [0, 0.1) is 11.3 Å².